The number of halogens is 1. The Morgan fingerprint density at radius 2 is 2.29 bits per heavy atom. The fraction of sp³-hybridized carbons (Fsp3) is 0.462. The van der Waals surface area contributed by atoms with Crippen molar-refractivity contribution in [3.63, 3.8) is 0 Å². The number of hydrogen-bond donors (Lipinski definition) is 2. The molecule has 0 bridgehead atoms. The molecular formula is C13H16ClNO2. The van der Waals surface area contributed by atoms with Crippen molar-refractivity contribution in [2.45, 2.75) is 25.4 Å². The summed E-state index contributed by atoms with van der Waals surface area (Å²) in [4.78, 5) is 11.8. The van der Waals surface area contributed by atoms with Crippen molar-refractivity contribution in [3.05, 3.63) is 34.9 Å². The molecule has 0 saturated heterocycles. The van der Waals surface area contributed by atoms with Gasteiger partial charge >= 0.3 is 0 Å². The van der Waals surface area contributed by atoms with Gasteiger partial charge in [0, 0.05) is 17.1 Å². The summed E-state index contributed by atoms with van der Waals surface area (Å²) in [5, 5.41) is 13.3. The lowest BCUT2D eigenvalue weighted by Gasteiger charge is -2.23. The monoisotopic (exact) mass is 253 g/mol. The fourth-order valence-electron chi connectivity index (χ4n) is 1.84. The molecule has 1 aromatic carbocycles. The summed E-state index contributed by atoms with van der Waals surface area (Å²) in [5.74, 6) is 0.121. The molecule has 4 heteroatoms. The molecular weight excluding hydrogens is 238 g/mol. The van der Waals surface area contributed by atoms with Crippen LogP contribution in [0, 0.1) is 5.92 Å². The second-order valence-corrected chi connectivity index (χ2v) is 5.26. The van der Waals surface area contributed by atoms with Gasteiger partial charge in [0.1, 0.15) is 0 Å². The average Bonchev–Trinajstić information content (AvgIpc) is 3.10. The number of benzene rings is 1. The van der Waals surface area contributed by atoms with Crippen LogP contribution in [0.2, 0.25) is 5.02 Å². The number of carbonyl (C=O) groups excluding carboxylic acids is 1. The van der Waals surface area contributed by atoms with Crippen LogP contribution in [0.15, 0.2) is 24.3 Å². The number of rotatable bonds is 4. The number of aliphatic hydroxyl groups is 1. The van der Waals surface area contributed by atoms with Gasteiger partial charge < -0.3 is 10.4 Å². The molecule has 0 aliphatic heterocycles. The van der Waals surface area contributed by atoms with E-state index in [-0.39, 0.29) is 12.5 Å². The van der Waals surface area contributed by atoms with Crippen LogP contribution in [0.4, 0.5) is 0 Å². The second-order valence-electron chi connectivity index (χ2n) is 4.82. The molecule has 2 rings (SSSR count). The number of hydrogen-bond acceptors (Lipinski definition) is 2. The number of amides is 1. The van der Waals surface area contributed by atoms with Crippen LogP contribution in [0.5, 0.6) is 0 Å². The van der Waals surface area contributed by atoms with Gasteiger partial charge in [0.15, 0.2) is 0 Å². The van der Waals surface area contributed by atoms with Crippen LogP contribution in [0.1, 0.15) is 30.1 Å². The first-order valence-electron chi connectivity index (χ1n) is 5.75. The molecule has 1 saturated carbocycles. The van der Waals surface area contributed by atoms with Crippen LogP contribution in [0.25, 0.3) is 0 Å². The number of nitrogens with one attached hydrogen (secondary N) is 1. The van der Waals surface area contributed by atoms with Crippen molar-refractivity contribution in [3.8, 4) is 0 Å². The van der Waals surface area contributed by atoms with Gasteiger partial charge in [-0.2, -0.15) is 0 Å². The summed E-state index contributed by atoms with van der Waals surface area (Å²) in [6, 6.07) is 6.77. The van der Waals surface area contributed by atoms with Crippen molar-refractivity contribution >= 4 is 17.5 Å². The van der Waals surface area contributed by atoms with Crippen molar-refractivity contribution in [1.82, 2.24) is 5.32 Å². The summed E-state index contributed by atoms with van der Waals surface area (Å²) in [5.41, 5.74) is -0.280. The summed E-state index contributed by atoms with van der Waals surface area (Å²) in [6.45, 7) is 2.05. The van der Waals surface area contributed by atoms with Crippen LogP contribution < -0.4 is 5.32 Å². The minimum absolute atomic E-state index is 0.201. The van der Waals surface area contributed by atoms with E-state index in [0.717, 1.165) is 12.8 Å². The van der Waals surface area contributed by atoms with E-state index in [1.807, 2.05) is 0 Å². The summed E-state index contributed by atoms with van der Waals surface area (Å²) >= 11 is 5.81. The Hall–Kier alpha value is -1.06. The van der Waals surface area contributed by atoms with Gasteiger partial charge in [-0.3, -0.25) is 4.79 Å². The summed E-state index contributed by atoms with van der Waals surface area (Å²) < 4.78 is 0. The molecule has 2 N–H and O–H groups in total. The van der Waals surface area contributed by atoms with E-state index in [2.05, 4.69) is 5.32 Å². The van der Waals surface area contributed by atoms with Crippen molar-refractivity contribution in [2.24, 2.45) is 5.92 Å². The first kappa shape index (κ1) is 12.4. The molecule has 1 atom stereocenters. The van der Waals surface area contributed by atoms with Crippen molar-refractivity contribution in [1.29, 1.82) is 0 Å². The lowest BCUT2D eigenvalue weighted by molar-refractivity contribution is 0.0354. The van der Waals surface area contributed by atoms with E-state index < -0.39 is 5.60 Å². The van der Waals surface area contributed by atoms with Crippen molar-refractivity contribution < 1.29 is 9.90 Å². The predicted octanol–water partition coefficient (Wildman–Crippen LogP) is 2.23. The smallest absolute Gasteiger partial charge is 0.251 e. The van der Waals surface area contributed by atoms with E-state index in [9.17, 15) is 9.90 Å². The summed E-state index contributed by atoms with van der Waals surface area (Å²) in [6.07, 6.45) is 2.08. The molecule has 1 aliphatic rings. The SMILES string of the molecule is CC(O)(CNC(=O)c1cccc(Cl)c1)C1CC1. The third kappa shape index (κ3) is 3.20. The average molecular weight is 254 g/mol. The molecule has 0 spiro atoms. The second kappa shape index (κ2) is 4.67. The van der Waals surface area contributed by atoms with Gasteiger partial charge in [0.05, 0.1) is 5.60 Å². The highest BCUT2D eigenvalue weighted by Gasteiger charge is 2.39. The minimum Gasteiger partial charge on any atom is -0.388 e. The maximum atomic E-state index is 11.8. The van der Waals surface area contributed by atoms with Gasteiger partial charge in [-0.25, -0.2) is 0 Å². The van der Waals surface area contributed by atoms with E-state index in [1.165, 1.54) is 0 Å². The maximum Gasteiger partial charge on any atom is 0.251 e. The Labute approximate surface area is 106 Å². The van der Waals surface area contributed by atoms with Crippen LogP contribution in [-0.4, -0.2) is 23.2 Å². The summed E-state index contributed by atoms with van der Waals surface area (Å²) in [7, 11) is 0. The first-order chi connectivity index (χ1) is 7.99. The van der Waals surface area contributed by atoms with Gasteiger partial charge in [-0.05, 0) is 43.9 Å². The molecule has 3 nitrogen and oxygen atoms in total. The maximum absolute atomic E-state index is 11.8. The molecule has 1 aromatic rings. The van der Waals surface area contributed by atoms with Crippen LogP contribution in [0.3, 0.4) is 0 Å². The zero-order valence-electron chi connectivity index (χ0n) is 9.74. The Kier molecular flexibility index (Phi) is 3.40. The zero-order chi connectivity index (χ0) is 12.5. The first-order valence-corrected chi connectivity index (χ1v) is 6.13. The van der Waals surface area contributed by atoms with E-state index in [1.54, 1.807) is 31.2 Å². The molecule has 1 unspecified atom stereocenters. The molecule has 92 valence electrons. The lowest BCUT2D eigenvalue weighted by Crippen LogP contribution is -2.42. The van der Waals surface area contributed by atoms with Crippen LogP contribution in [-0.2, 0) is 0 Å². The van der Waals surface area contributed by atoms with Crippen LogP contribution >= 0.6 is 11.6 Å². The van der Waals surface area contributed by atoms with Gasteiger partial charge in [0.25, 0.3) is 5.91 Å². The highest BCUT2D eigenvalue weighted by molar-refractivity contribution is 6.30. The Bertz CT molecular complexity index is 427. The van der Waals surface area contributed by atoms with Gasteiger partial charge in [-0.15, -0.1) is 0 Å². The Morgan fingerprint density at radius 1 is 1.59 bits per heavy atom. The Morgan fingerprint density at radius 3 is 2.88 bits per heavy atom. The normalized spacial score (nSPS) is 18.5. The highest BCUT2D eigenvalue weighted by atomic mass is 35.5. The third-order valence-electron chi connectivity index (χ3n) is 3.15. The van der Waals surface area contributed by atoms with Gasteiger partial charge in [0.2, 0.25) is 0 Å². The molecule has 17 heavy (non-hydrogen) atoms. The van der Waals surface area contributed by atoms with E-state index in [0.29, 0.717) is 16.5 Å². The standard InChI is InChI=1S/C13H16ClNO2/c1-13(17,10-5-6-10)8-15-12(16)9-3-2-4-11(14)7-9/h2-4,7,10,17H,5-6,8H2,1H3,(H,15,16). The predicted molar refractivity (Wildman–Crippen MR) is 67.1 cm³/mol. The number of carbonyl (C=O) groups is 1. The van der Waals surface area contributed by atoms with Gasteiger partial charge in [-0.1, -0.05) is 17.7 Å². The minimum atomic E-state index is -0.797. The largest absolute Gasteiger partial charge is 0.388 e. The molecule has 1 aliphatic carbocycles. The Balaban J connectivity index is 1.93. The molecule has 1 amide bonds. The topological polar surface area (TPSA) is 49.3 Å². The lowest BCUT2D eigenvalue weighted by atomic mass is 10.0. The molecule has 0 heterocycles. The third-order valence-corrected chi connectivity index (χ3v) is 3.39. The molecule has 0 aromatic heterocycles. The quantitative estimate of drug-likeness (QED) is 0.865. The molecule has 1 fully saturated rings. The fourth-order valence-corrected chi connectivity index (χ4v) is 2.03. The van der Waals surface area contributed by atoms with E-state index >= 15 is 0 Å². The molecule has 0 radical (unpaired) electrons. The van der Waals surface area contributed by atoms with Crippen molar-refractivity contribution in [2.75, 3.05) is 6.54 Å². The highest BCUT2D eigenvalue weighted by Crippen LogP contribution is 2.39. The zero-order valence-corrected chi connectivity index (χ0v) is 10.5. The van der Waals surface area contributed by atoms with E-state index in [4.69, 9.17) is 11.6 Å².